The van der Waals surface area contributed by atoms with Crippen LogP contribution in [0.4, 0.5) is 0 Å². The van der Waals surface area contributed by atoms with Crippen molar-refractivity contribution in [1.29, 1.82) is 0 Å². The highest BCUT2D eigenvalue weighted by molar-refractivity contribution is 5.96. The van der Waals surface area contributed by atoms with E-state index in [1.165, 1.54) is 61.2 Å². The van der Waals surface area contributed by atoms with Gasteiger partial charge in [-0.05, 0) is 108 Å². The zero-order valence-corrected chi connectivity index (χ0v) is 33.3. The molecule has 61 heavy (non-hydrogen) atoms. The van der Waals surface area contributed by atoms with Crippen LogP contribution >= 0.6 is 0 Å². The fraction of sp³-hybridized carbons (Fsp3) is 0.0169. The summed E-state index contributed by atoms with van der Waals surface area (Å²) in [4.78, 5) is 10.5. The molecule has 2 aliphatic carbocycles. The van der Waals surface area contributed by atoms with Crippen LogP contribution in [0.2, 0.25) is 0 Å². The Labute approximate surface area is 356 Å². The number of aromatic nitrogens is 2. The maximum atomic E-state index is 5.32. The SMILES string of the molecule is c1ccc(-c2ccc(-c3cc(-c4cc(-c5ccccc5)cc(-c5ccc6c(c5)C5(c7ccccc7-c7ccccc75)c5ccccc5-6)c4)nc(-c4ccccc4)n3)cc2)cc1. The summed E-state index contributed by atoms with van der Waals surface area (Å²) >= 11 is 0. The van der Waals surface area contributed by atoms with E-state index in [4.69, 9.17) is 9.97 Å². The van der Waals surface area contributed by atoms with Gasteiger partial charge in [-0.15, -0.1) is 0 Å². The van der Waals surface area contributed by atoms with Crippen LogP contribution in [0.5, 0.6) is 0 Å². The molecule has 284 valence electrons. The summed E-state index contributed by atoms with van der Waals surface area (Å²) in [7, 11) is 0. The van der Waals surface area contributed by atoms with E-state index in [9.17, 15) is 0 Å². The van der Waals surface area contributed by atoms with E-state index in [1.807, 2.05) is 18.2 Å². The molecule has 0 radical (unpaired) electrons. The predicted molar refractivity (Wildman–Crippen MR) is 251 cm³/mol. The average molecular weight is 775 g/mol. The Morgan fingerprint density at radius 1 is 0.230 bits per heavy atom. The number of hydrogen-bond acceptors (Lipinski definition) is 2. The Hall–Kier alpha value is -7.94. The fourth-order valence-electron chi connectivity index (χ4n) is 9.94. The van der Waals surface area contributed by atoms with Crippen molar-refractivity contribution in [3.8, 4) is 89.5 Å². The van der Waals surface area contributed by atoms with Gasteiger partial charge in [-0.25, -0.2) is 9.97 Å². The predicted octanol–water partition coefficient (Wildman–Crippen LogP) is 14.8. The first-order valence-electron chi connectivity index (χ1n) is 21.0. The molecule has 0 bridgehead atoms. The van der Waals surface area contributed by atoms with Gasteiger partial charge in [0.15, 0.2) is 5.82 Å². The van der Waals surface area contributed by atoms with Crippen molar-refractivity contribution in [1.82, 2.24) is 9.97 Å². The highest BCUT2D eigenvalue weighted by Crippen LogP contribution is 2.63. The summed E-state index contributed by atoms with van der Waals surface area (Å²) in [6, 6.07) is 83.5. The van der Waals surface area contributed by atoms with Gasteiger partial charge in [0.25, 0.3) is 0 Å². The largest absolute Gasteiger partial charge is 0.228 e. The van der Waals surface area contributed by atoms with E-state index in [0.717, 1.165) is 44.8 Å². The second kappa shape index (κ2) is 14.1. The molecule has 2 nitrogen and oxygen atoms in total. The van der Waals surface area contributed by atoms with Gasteiger partial charge in [-0.2, -0.15) is 0 Å². The van der Waals surface area contributed by atoms with Crippen molar-refractivity contribution < 1.29 is 0 Å². The first-order chi connectivity index (χ1) is 30.2. The van der Waals surface area contributed by atoms with E-state index in [1.54, 1.807) is 0 Å². The summed E-state index contributed by atoms with van der Waals surface area (Å²) in [5.74, 6) is 0.697. The second-order valence-electron chi connectivity index (χ2n) is 16.1. The lowest BCUT2D eigenvalue weighted by Gasteiger charge is -2.30. The maximum Gasteiger partial charge on any atom is 0.160 e. The normalized spacial score (nSPS) is 12.7. The molecule has 1 heterocycles. The molecule has 0 atom stereocenters. The standard InChI is InChI=1S/C59H38N2/c1-4-16-39(17-5-1)41-28-30-42(31-29-41)56-38-57(61-58(60-56)43-20-8-3-9-21-43)47-35-45(40-18-6-2-7-19-40)34-46(36-47)44-32-33-51-50-24-12-15-27-54(50)59(55(51)37-44)52-25-13-10-22-48(52)49-23-11-14-26-53(49)59/h1-38H. The van der Waals surface area contributed by atoms with E-state index in [2.05, 4.69) is 212 Å². The molecule has 0 N–H and O–H groups in total. The number of rotatable bonds is 6. The number of hydrogen-bond donors (Lipinski definition) is 0. The molecular formula is C59H38N2. The summed E-state index contributed by atoms with van der Waals surface area (Å²) < 4.78 is 0. The first kappa shape index (κ1) is 35.0. The molecule has 12 rings (SSSR count). The highest BCUT2D eigenvalue weighted by atomic mass is 14.9. The summed E-state index contributed by atoms with van der Waals surface area (Å²) in [5, 5.41) is 0. The summed E-state index contributed by atoms with van der Waals surface area (Å²) in [5.41, 5.74) is 21.9. The maximum absolute atomic E-state index is 5.32. The van der Waals surface area contributed by atoms with E-state index in [0.29, 0.717) is 5.82 Å². The smallest absolute Gasteiger partial charge is 0.160 e. The third-order valence-electron chi connectivity index (χ3n) is 12.7. The van der Waals surface area contributed by atoms with Crippen LogP contribution in [0.1, 0.15) is 22.3 Å². The van der Waals surface area contributed by atoms with Crippen LogP contribution in [-0.2, 0) is 5.41 Å². The first-order valence-corrected chi connectivity index (χ1v) is 21.0. The van der Waals surface area contributed by atoms with Crippen molar-refractivity contribution in [2.75, 3.05) is 0 Å². The minimum Gasteiger partial charge on any atom is -0.228 e. The lowest BCUT2D eigenvalue weighted by molar-refractivity contribution is 0.794. The van der Waals surface area contributed by atoms with E-state index in [-0.39, 0.29) is 0 Å². The van der Waals surface area contributed by atoms with Crippen molar-refractivity contribution in [2.45, 2.75) is 5.41 Å². The van der Waals surface area contributed by atoms with Crippen LogP contribution in [0.25, 0.3) is 89.5 Å². The molecule has 1 spiro atoms. The Morgan fingerprint density at radius 2 is 0.607 bits per heavy atom. The van der Waals surface area contributed by atoms with Gasteiger partial charge < -0.3 is 0 Å². The lowest BCUT2D eigenvalue weighted by atomic mass is 9.70. The van der Waals surface area contributed by atoms with Crippen LogP contribution in [0.15, 0.2) is 231 Å². The quantitative estimate of drug-likeness (QED) is 0.168. The monoisotopic (exact) mass is 774 g/mol. The molecule has 0 saturated carbocycles. The van der Waals surface area contributed by atoms with Gasteiger partial charge >= 0.3 is 0 Å². The highest BCUT2D eigenvalue weighted by Gasteiger charge is 2.51. The molecule has 9 aromatic carbocycles. The van der Waals surface area contributed by atoms with Gasteiger partial charge in [0, 0.05) is 16.7 Å². The minimum absolute atomic E-state index is 0.419. The van der Waals surface area contributed by atoms with E-state index >= 15 is 0 Å². The summed E-state index contributed by atoms with van der Waals surface area (Å²) in [6.45, 7) is 0. The molecule has 10 aromatic rings. The molecule has 0 fully saturated rings. The Kier molecular flexibility index (Phi) is 8.11. The molecule has 1 aromatic heterocycles. The molecular weight excluding hydrogens is 737 g/mol. The number of nitrogens with zero attached hydrogens (tertiary/aromatic N) is 2. The van der Waals surface area contributed by atoms with Crippen molar-refractivity contribution in [3.05, 3.63) is 253 Å². The Balaban J connectivity index is 1.06. The fourth-order valence-corrected chi connectivity index (χ4v) is 9.94. The molecule has 0 amide bonds. The third kappa shape index (κ3) is 5.64. The molecule has 0 aliphatic heterocycles. The topological polar surface area (TPSA) is 25.8 Å². The van der Waals surface area contributed by atoms with Crippen LogP contribution in [0.3, 0.4) is 0 Å². The van der Waals surface area contributed by atoms with Crippen molar-refractivity contribution >= 4 is 0 Å². The minimum atomic E-state index is -0.419. The number of benzene rings is 9. The Morgan fingerprint density at radius 3 is 1.16 bits per heavy atom. The van der Waals surface area contributed by atoms with Gasteiger partial charge in [-0.3, -0.25) is 0 Å². The summed E-state index contributed by atoms with van der Waals surface area (Å²) in [6.07, 6.45) is 0. The van der Waals surface area contributed by atoms with Crippen molar-refractivity contribution in [2.24, 2.45) is 0 Å². The van der Waals surface area contributed by atoms with Gasteiger partial charge in [0.05, 0.1) is 16.8 Å². The zero-order chi connectivity index (χ0) is 40.3. The van der Waals surface area contributed by atoms with Crippen LogP contribution < -0.4 is 0 Å². The zero-order valence-electron chi connectivity index (χ0n) is 33.3. The average Bonchev–Trinajstić information content (AvgIpc) is 3.82. The molecule has 0 unspecified atom stereocenters. The van der Waals surface area contributed by atoms with Crippen LogP contribution in [0, 0.1) is 0 Å². The lowest BCUT2D eigenvalue weighted by Crippen LogP contribution is -2.25. The van der Waals surface area contributed by atoms with E-state index < -0.39 is 5.41 Å². The number of fused-ring (bicyclic) bond motifs is 10. The second-order valence-corrected chi connectivity index (χ2v) is 16.1. The van der Waals surface area contributed by atoms with Crippen molar-refractivity contribution in [3.63, 3.8) is 0 Å². The molecule has 0 saturated heterocycles. The Bertz CT molecular complexity index is 3210. The van der Waals surface area contributed by atoms with Gasteiger partial charge in [0.1, 0.15) is 0 Å². The van der Waals surface area contributed by atoms with Gasteiger partial charge in [-0.1, -0.05) is 200 Å². The van der Waals surface area contributed by atoms with Crippen LogP contribution in [-0.4, -0.2) is 9.97 Å². The molecule has 2 heteroatoms. The molecule has 2 aliphatic rings. The van der Waals surface area contributed by atoms with Gasteiger partial charge in [0.2, 0.25) is 0 Å². The third-order valence-corrected chi connectivity index (χ3v) is 12.7.